The Morgan fingerprint density at radius 3 is 2.68 bits per heavy atom. The SMILES string of the molecule is CCN1CCCC(N)(c2nc(C(C)(C)C)cs2)CC1. The first-order valence-electron chi connectivity index (χ1n) is 7.33. The summed E-state index contributed by atoms with van der Waals surface area (Å²) < 4.78 is 0. The lowest BCUT2D eigenvalue weighted by Gasteiger charge is -2.26. The monoisotopic (exact) mass is 281 g/mol. The van der Waals surface area contributed by atoms with Gasteiger partial charge < -0.3 is 10.6 Å². The van der Waals surface area contributed by atoms with Crippen molar-refractivity contribution >= 4 is 11.3 Å². The lowest BCUT2D eigenvalue weighted by atomic mass is 9.91. The highest BCUT2D eigenvalue weighted by Crippen LogP contribution is 2.34. The molecule has 0 radical (unpaired) electrons. The molecule has 1 fully saturated rings. The van der Waals surface area contributed by atoms with Crippen LogP contribution in [0, 0.1) is 0 Å². The number of aromatic nitrogens is 1. The van der Waals surface area contributed by atoms with Gasteiger partial charge in [0.05, 0.1) is 11.2 Å². The van der Waals surface area contributed by atoms with Gasteiger partial charge in [0.25, 0.3) is 0 Å². The van der Waals surface area contributed by atoms with E-state index >= 15 is 0 Å². The van der Waals surface area contributed by atoms with Gasteiger partial charge in [-0.1, -0.05) is 27.7 Å². The number of hydrogen-bond acceptors (Lipinski definition) is 4. The van der Waals surface area contributed by atoms with Crippen molar-refractivity contribution in [2.45, 2.75) is 57.9 Å². The van der Waals surface area contributed by atoms with Gasteiger partial charge in [0.2, 0.25) is 0 Å². The van der Waals surface area contributed by atoms with Gasteiger partial charge >= 0.3 is 0 Å². The van der Waals surface area contributed by atoms with Crippen LogP contribution in [0.25, 0.3) is 0 Å². The van der Waals surface area contributed by atoms with E-state index in [1.54, 1.807) is 11.3 Å². The van der Waals surface area contributed by atoms with Crippen LogP contribution in [-0.4, -0.2) is 29.5 Å². The number of nitrogens with two attached hydrogens (primary N) is 1. The van der Waals surface area contributed by atoms with Gasteiger partial charge in [0, 0.05) is 17.3 Å². The molecule has 4 heteroatoms. The normalized spacial score (nSPS) is 26.4. The third-order valence-electron chi connectivity index (χ3n) is 4.12. The molecular weight excluding hydrogens is 254 g/mol. The average molecular weight is 281 g/mol. The van der Waals surface area contributed by atoms with Crippen molar-refractivity contribution in [2.75, 3.05) is 19.6 Å². The van der Waals surface area contributed by atoms with Crippen molar-refractivity contribution in [2.24, 2.45) is 5.73 Å². The summed E-state index contributed by atoms with van der Waals surface area (Å²) in [6, 6.07) is 0. The number of hydrogen-bond donors (Lipinski definition) is 1. The van der Waals surface area contributed by atoms with Gasteiger partial charge in [-0.3, -0.25) is 0 Å². The van der Waals surface area contributed by atoms with Crippen LogP contribution in [0.1, 0.15) is 57.7 Å². The highest BCUT2D eigenvalue weighted by atomic mass is 32.1. The topological polar surface area (TPSA) is 42.1 Å². The third kappa shape index (κ3) is 3.36. The highest BCUT2D eigenvalue weighted by molar-refractivity contribution is 7.09. The zero-order valence-electron chi connectivity index (χ0n) is 12.7. The third-order valence-corrected chi connectivity index (χ3v) is 5.18. The van der Waals surface area contributed by atoms with Gasteiger partial charge in [-0.2, -0.15) is 0 Å². The zero-order chi connectivity index (χ0) is 14.1. The fourth-order valence-electron chi connectivity index (χ4n) is 2.59. The highest BCUT2D eigenvalue weighted by Gasteiger charge is 2.33. The minimum absolute atomic E-state index is 0.116. The molecule has 19 heavy (non-hydrogen) atoms. The summed E-state index contributed by atoms with van der Waals surface area (Å²) >= 11 is 1.75. The van der Waals surface area contributed by atoms with E-state index in [0.29, 0.717) is 0 Å². The van der Waals surface area contributed by atoms with E-state index < -0.39 is 0 Å². The molecular formula is C15H27N3S. The molecule has 0 spiro atoms. The average Bonchev–Trinajstić information content (AvgIpc) is 2.76. The molecule has 1 aliphatic heterocycles. The van der Waals surface area contributed by atoms with Crippen molar-refractivity contribution in [1.29, 1.82) is 0 Å². The van der Waals surface area contributed by atoms with E-state index in [4.69, 9.17) is 10.7 Å². The van der Waals surface area contributed by atoms with E-state index in [0.717, 1.165) is 30.9 Å². The summed E-state index contributed by atoms with van der Waals surface area (Å²) in [5, 5.41) is 3.32. The minimum Gasteiger partial charge on any atom is -0.319 e. The Balaban J connectivity index is 2.17. The molecule has 1 atom stereocenters. The maximum Gasteiger partial charge on any atom is 0.113 e. The zero-order valence-corrected chi connectivity index (χ0v) is 13.5. The van der Waals surface area contributed by atoms with Crippen LogP contribution >= 0.6 is 11.3 Å². The van der Waals surface area contributed by atoms with Gasteiger partial charge in [-0.15, -0.1) is 11.3 Å². The van der Waals surface area contributed by atoms with E-state index in [9.17, 15) is 0 Å². The number of likely N-dealkylation sites (tertiary alicyclic amines) is 1. The van der Waals surface area contributed by atoms with Crippen LogP contribution in [0.3, 0.4) is 0 Å². The van der Waals surface area contributed by atoms with Crippen LogP contribution in [-0.2, 0) is 11.0 Å². The van der Waals surface area contributed by atoms with Crippen LogP contribution < -0.4 is 5.73 Å². The second kappa shape index (κ2) is 5.51. The molecule has 3 nitrogen and oxygen atoms in total. The molecule has 1 aromatic rings. The molecule has 0 aromatic carbocycles. The standard InChI is InChI=1S/C15H27N3S/c1-5-18-9-6-7-15(16,8-10-18)13-17-12(11-19-13)14(2,3)4/h11H,5-10,16H2,1-4H3. The quantitative estimate of drug-likeness (QED) is 0.905. The van der Waals surface area contributed by atoms with E-state index in [1.165, 1.54) is 18.7 Å². The predicted octanol–water partition coefficient (Wildman–Crippen LogP) is 3.10. The second-order valence-electron chi connectivity index (χ2n) is 6.73. The molecule has 2 rings (SSSR count). The summed E-state index contributed by atoms with van der Waals surface area (Å²) in [5.41, 5.74) is 7.76. The molecule has 2 N–H and O–H groups in total. The Bertz CT molecular complexity index is 421. The smallest absolute Gasteiger partial charge is 0.113 e. The number of nitrogens with zero attached hydrogens (tertiary/aromatic N) is 2. The first kappa shape index (κ1) is 14.9. The summed E-state index contributed by atoms with van der Waals surface area (Å²) in [4.78, 5) is 7.34. The summed E-state index contributed by atoms with van der Waals surface area (Å²) in [6.07, 6.45) is 3.26. The van der Waals surface area contributed by atoms with Crippen molar-refractivity contribution in [3.05, 3.63) is 16.1 Å². The van der Waals surface area contributed by atoms with Gasteiger partial charge in [-0.05, 0) is 32.4 Å². The molecule has 0 saturated carbocycles. The van der Waals surface area contributed by atoms with Gasteiger partial charge in [-0.25, -0.2) is 4.98 Å². The molecule has 0 amide bonds. The molecule has 0 bridgehead atoms. The van der Waals surface area contributed by atoms with Crippen LogP contribution in [0.15, 0.2) is 5.38 Å². The minimum atomic E-state index is -0.210. The lowest BCUT2D eigenvalue weighted by molar-refractivity contribution is 0.289. The molecule has 1 unspecified atom stereocenters. The largest absolute Gasteiger partial charge is 0.319 e. The Kier molecular flexibility index (Phi) is 4.33. The van der Waals surface area contributed by atoms with E-state index in [-0.39, 0.29) is 11.0 Å². The fraction of sp³-hybridized carbons (Fsp3) is 0.800. The molecule has 1 aliphatic rings. The van der Waals surface area contributed by atoms with Crippen molar-refractivity contribution in [1.82, 2.24) is 9.88 Å². The summed E-state index contributed by atoms with van der Waals surface area (Å²) in [6.45, 7) is 12.2. The van der Waals surface area contributed by atoms with Gasteiger partial charge in [0.15, 0.2) is 0 Å². The molecule has 2 heterocycles. The van der Waals surface area contributed by atoms with Crippen LogP contribution in [0.4, 0.5) is 0 Å². The van der Waals surface area contributed by atoms with E-state index in [2.05, 4.69) is 38.0 Å². The molecule has 108 valence electrons. The summed E-state index contributed by atoms with van der Waals surface area (Å²) in [7, 11) is 0. The van der Waals surface area contributed by atoms with Crippen LogP contribution in [0.2, 0.25) is 0 Å². The van der Waals surface area contributed by atoms with Gasteiger partial charge in [0.1, 0.15) is 5.01 Å². The Morgan fingerprint density at radius 2 is 2.11 bits per heavy atom. The van der Waals surface area contributed by atoms with E-state index in [1.807, 2.05) is 0 Å². The maximum atomic E-state index is 6.68. The maximum absolute atomic E-state index is 6.68. The predicted molar refractivity (Wildman–Crippen MR) is 82.6 cm³/mol. The molecule has 1 saturated heterocycles. The van der Waals surface area contributed by atoms with Crippen molar-refractivity contribution < 1.29 is 0 Å². The molecule has 1 aromatic heterocycles. The number of thiazole rings is 1. The Morgan fingerprint density at radius 1 is 1.37 bits per heavy atom. The second-order valence-corrected chi connectivity index (χ2v) is 7.59. The first-order chi connectivity index (χ1) is 8.85. The fourth-order valence-corrected chi connectivity index (χ4v) is 3.81. The molecule has 0 aliphatic carbocycles. The Labute approximate surface area is 121 Å². The first-order valence-corrected chi connectivity index (χ1v) is 8.21. The lowest BCUT2D eigenvalue weighted by Crippen LogP contribution is -2.38. The van der Waals surface area contributed by atoms with Crippen LogP contribution in [0.5, 0.6) is 0 Å². The van der Waals surface area contributed by atoms with Crippen molar-refractivity contribution in [3.8, 4) is 0 Å². The Hall–Kier alpha value is -0.450. The van der Waals surface area contributed by atoms with Crippen molar-refractivity contribution in [3.63, 3.8) is 0 Å². The number of rotatable bonds is 2. The summed E-state index contributed by atoms with van der Waals surface area (Å²) in [5.74, 6) is 0.